The minimum absolute atomic E-state index is 0.143. The Bertz CT molecular complexity index is 220. The first kappa shape index (κ1) is 10.9. The number of aliphatic hydroxyl groups excluding tert-OH is 1. The van der Waals surface area contributed by atoms with Gasteiger partial charge in [0.05, 0.1) is 6.10 Å². The SMILES string of the molecule is O=C(NC[C@@H](O)C1CCCCC1)C1CC1. The Balaban J connectivity index is 1.66. The van der Waals surface area contributed by atoms with E-state index in [1.165, 1.54) is 19.3 Å². The molecule has 0 bridgehead atoms. The molecule has 2 fully saturated rings. The molecule has 15 heavy (non-hydrogen) atoms. The first-order valence-corrected chi connectivity index (χ1v) is 6.23. The van der Waals surface area contributed by atoms with Gasteiger partial charge in [-0.2, -0.15) is 0 Å². The fraction of sp³-hybridized carbons (Fsp3) is 0.917. The van der Waals surface area contributed by atoms with Crippen LogP contribution < -0.4 is 5.32 Å². The van der Waals surface area contributed by atoms with Crippen LogP contribution in [-0.4, -0.2) is 23.7 Å². The van der Waals surface area contributed by atoms with Gasteiger partial charge in [0.25, 0.3) is 0 Å². The highest BCUT2D eigenvalue weighted by molar-refractivity contribution is 5.80. The zero-order valence-electron chi connectivity index (χ0n) is 9.24. The molecule has 0 heterocycles. The molecule has 2 aliphatic rings. The third-order valence-electron chi connectivity index (χ3n) is 3.63. The molecule has 0 aliphatic heterocycles. The van der Waals surface area contributed by atoms with Crippen molar-refractivity contribution >= 4 is 5.91 Å². The van der Waals surface area contributed by atoms with E-state index < -0.39 is 0 Å². The maximum atomic E-state index is 11.4. The number of carbonyl (C=O) groups excluding carboxylic acids is 1. The van der Waals surface area contributed by atoms with Crippen molar-refractivity contribution in [2.45, 2.75) is 51.0 Å². The Hall–Kier alpha value is -0.570. The van der Waals surface area contributed by atoms with Crippen molar-refractivity contribution in [3.05, 3.63) is 0 Å². The van der Waals surface area contributed by atoms with Gasteiger partial charge in [-0.25, -0.2) is 0 Å². The second-order valence-corrected chi connectivity index (χ2v) is 4.98. The van der Waals surface area contributed by atoms with E-state index in [0.717, 1.165) is 25.7 Å². The molecule has 0 aromatic heterocycles. The van der Waals surface area contributed by atoms with E-state index >= 15 is 0 Å². The topological polar surface area (TPSA) is 49.3 Å². The number of hydrogen-bond donors (Lipinski definition) is 2. The van der Waals surface area contributed by atoms with E-state index in [4.69, 9.17) is 0 Å². The van der Waals surface area contributed by atoms with Crippen molar-refractivity contribution in [3.8, 4) is 0 Å². The summed E-state index contributed by atoms with van der Waals surface area (Å²) in [6.07, 6.45) is 7.76. The maximum absolute atomic E-state index is 11.4. The average Bonchev–Trinajstić information content (AvgIpc) is 3.10. The molecule has 1 amide bonds. The fourth-order valence-electron chi connectivity index (χ4n) is 2.38. The molecule has 3 nitrogen and oxygen atoms in total. The average molecular weight is 211 g/mol. The van der Waals surface area contributed by atoms with Crippen LogP contribution in [0.25, 0.3) is 0 Å². The number of carbonyl (C=O) groups is 1. The maximum Gasteiger partial charge on any atom is 0.223 e. The molecule has 0 aromatic rings. The van der Waals surface area contributed by atoms with Crippen LogP contribution in [-0.2, 0) is 4.79 Å². The smallest absolute Gasteiger partial charge is 0.223 e. The van der Waals surface area contributed by atoms with Crippen LogP contribution in [0.2, 0.25) is 0 Å². The van der Waals surface area contributed by atoms with Crippen LogP contribution >= 0.6 is 0 Å². The zero-order valence-corrected chi connectivity index (χ0v) is 9.24. The standard InChI is InChI=1S/C12H21NO2/c14-11(9-4-2-1-3-5-9)8-13-12(15)10-6-7-10/h9-11,14H,1-8H2,(H,13,15)/t11-/m1/s1. The van der Waals surface area contributed by atoms with Gasteiger partial charge in [-0.15, -0.1) is 0 Å². The van der Waals surface area contributed by atoms with Gasteiger partial charge in [-0.05, 0) is 31.6 Å². The van der Waals surface area contributed by atoms with E-state index in [9.17, 15) is 9.90 Å². The highest BCUT2D eigenvalue weighted by Crippen LogP contribution is 2.29. The summed E-state index contributed by atoms with van der Waals surface area (Å²) in [6.45, 7) is 0.458. The summed E-state index contributed by atoms with van der Waals surface area (Å²) >= 11 is 0. The number of aliphatic hydroxyl groups is 1. The van der Waals surface area contributed by atoms with Gasteiger partial charge < -0.3 is 10.4 Å². The predicted molar refractivity (Wildman–Crippen MR) is 58.3 cm³/mol. The van der Waals surface area contributed by atoms with Crippen molar-refractivity contribution in [2.24, 2.45) is 11.8 Å². The number of rotatable bonds is 4. The monoisotopic (exact) mass is 211 g/mol. The number of hydrogen-bond acceptors (Lipinski definition) is 2. The summed E-state index contributed by atoms with van der Waals surface area (Å²) < 4.78 is 0. The normalized spacial score (nSPS) is 24.9. The van der Waals surface area contributed by atoms with Gasteiger partial charge in [0, 0.05) is 12.5 Å². The number of amides is 1. The molecule has 0 unspecified atom stereocenters. The predicted octanol–water partition coefficient (Wildman–Crippen LogP) is 1.45. The van der Waals surface area contributed by atoms with Crippen LogP contribution in [0.4, 0.5) is 0 Å². The third kappa shape index (κ3) is 3.20. The van der Waals surface area contributed by atoms with Crippen LogP contribution in [0.3, 0.4) is 0 Å². The first-order chi connectivity index (χ1) is 7.27. The van der Waals surface area contributed by atoms with Crippen LogP contribution in [0.15, 0.2) is 0 Å². The molecule has 0 spiro atoms. The van der Waals surface area contributed by atoms with Crippen molar-refractivity contribution in [1.29, 1.82) is 0 Å². The Morgan fingerprint density at radius 1 is 1.20 bits per heavy atom. The van der Waals surface area contributed by atoms with Gasteiger partial charge in [0.15, 0.2) is 0 Å². The van der Waals surface area contributed by atoms with Crippen LogP contribution in [0.1, 0.15) is 44.9 Å². The van der Waals surface area contributed by atoms with Crippen molar-refractivity contribution in [2.75, 3.05) is 6.54 Å². The molecule has 3 heteroatoms. The molecule has 0 saturated heterocycles. The second-order valence-electron chi connectivity index (χ2n) is 4.98. The van der Waals surface area contributed by atoms with E-state index in [2.05, 4.69) is 5.32 Å². The third-order valence-corrected chi connectivity index (χ3v) is 3.63. The van der Waals surface area contributed by atoms with Gasteiger partial charge >= 0.3 is 0 Å². The summed E-state index contributed by atoms with van der Waals surface area (Å²) in [7, 11) is 0. The summed E-state index contributed by atoms with van der Waals surface area (Å²) in [5.74, 6) is 0.812. The molecular weight excluding hydrogens is 190 g/mol. The molecular formula is C12H21NO2. The molecule has 2 N–H and O–H groups in total. The lowest BCUT2D eigenvalue weighted by Crippen LogP contribution is -2.37. The molecule has 0 aromatic carbocycles. The lowest BCUT2D eigenvalue weighted by molar-refractivity contribution is -0.123. The van der Waals surface area contributed by atoms with E-state index in [0.29, 0.717) is 12.5 Å². The molecule has 2 rings (SSSR count). The Morgan fingerprint density at radius 2 is 1.87 bits per heavy atom. The Morgan fingerprint density at radius 3 is 2.47 bits per heavy atom. The molecule has 2 aliphatic carbocycles. The van der Waals surface area contributed by atoms with Crippen molar-refractivity contribution < 1.29 is 9.90 Å². The molecule has 2 saturated carbocycles. The van der Waals surface area contributed by atoms with E-state index in [1.807, 2.05) is 0 Å². The summed E-state index contributed by atoms with van der Waals surface area (Å²) in [6, 6.07) is 0. The van der Waals surface area contributed by atoms with Gasteiger partial charge in [0.1, 0.15) is 0 Å². The highest BCUT2D eigenvalue weighted by Gasteiger charge is 2.30. The quantitative estimate of drug-likeness (QED) is 0.739. The highest BCUT2D eigenvalue weighted by atomic mass is 16.3. The molecule has 86 valence electrons. The first-order valence-electron chi connectivity index (χ1n) is 6.23. The van der Waals surface area contributed by atoms with Crippen molar-refractivity contribution in [3.63, 3.8) is 0 Å². The minimum atomic E-state index is -0.326. The van der Waals surface area contributed by atoms with Gasteiger partial charge in [-0.3, -0.25) is 4.79 Å². The summed E-state index contributed by atoms with van der Waals surface area (Å²) in [5, 5.41) is 12.8. The van der Waals surface area contributed by atoms with Gasteiger partial charge in [-0.1, -0.05) is 19.3 Å². The molecule has 1 atom stereocenters. The second kappa shape index (κ2) is 4.97. The lowest BCUT2D eigenvalue weighted by Gasteiger charge is -2.26. The van der Waals surface area contributed by atoms with Crippen LogP contribution in [0.5, 0.6) is 0 Å². The minimum Gasteiger partial charge on any atom is -0.391 e. The van der Waals surface area contributed by atoms with E-state index in [-0.39, 0.29) is 17.9 Å². The molecule has 0 radical (unpaired) electrons. The van der Waals surface area contributed by atoms with Gasteiger partial charge in [0.2, 0.25) is 5.91 Å². The Labute approximate surface area is 91.2 Å². The largest absolute Gasteiger partial charge is 0.391 e. The van der Waals surface area contributed by atoms with E-state index in [1.54, 1.807) is 0 Å². The zero-order chi connectivity index (χ0) is 10.7. The lowest BCUT2D eigenvalue weighted by atomic mass is 9.85. The fourth-order valence-corrected chi connectivity index (χ4v) is 2.38. The summed E-state index contributed by atoms with van der Waals surface area (Å²) in [4.78, 5) is 11.4. The summed E-state index contributed by atoms with van der Waals surface area (Å²) in [5.41, 5.74) is 0. The number of nitrogens with one attached hydrogen (secondary N) is 1. The van der Waals surface area contributed by atoms with Crippen LogP contribution in [0, 0.1) is 11.8 Å². The van der Waals surface area contributed by atoms with Crippen molar-refractivity contribution in [1.82, 2.24) is 5.32 Å². The Kier molecular flexibility index (Phi) is 3.62.